The zero-order valence-electron chi connectivity index (χ0n) is 29.6. The number of ether oxygens (including phenoxy) is 3. The summed E-state index contributed by atoms with van der Waals surface area (Å²) in [6.07, 6.45) is 1.90. The highest BCUT2D eigenvalue weighted by molar-refractivity contribution is 5.76. The smallest absolute Gasteiger partial charge is 0.311 e. The zero-order chi connectivity index (χ0) is 36.0. The number of piperidine rings is 1. The average Bonchev–Trinajstić information content (AvgIpc) is 3.10. The van der Waals surface area contributed by atoms with Gasteiger partial charge >= 0.3 is 5.69 Å². The fraction of sp³-hybridized carbons (Fsp3) is 0.487. The number of aryl methyl sites for hydroxylation is 1. The summed E-state index contributed by atoms with van der Waals surface area (Å²) in [7, 11) is 0. The van der Waals surface area contributed by atoms with E-state index in [1.807, 2.05) is 30.9 Å². The van der Waals surface area contributed by atoms with Crippen LogP contribution < -0.4 is 19.1 Å². The van der Waals surface area contributed by atoms with Gasteiger partial charge in [-0.25, -0.2) is 0 Å². The number of amides is 1. The van der Waals surface area contributed by atoms with Gasteiger partial charge in [0.2, 0.25) is 11.7 Å². The molecular weight excluding hydrogens is 652 g/mol. The molecule has 5 rings (SSSR count). The molecule has 0 aliphatic carbocycles. The van der Waals surface area contributed by atoms with Crippen LogP contribution in [0.25, 0.3) is 0 Å². The van der Waals surface area contributed by atoms with Gasteiger partial charge in [-0.3, -0.25) is 24.6 Å². The van der Waals surface area contributed by atoms with Gasteiger partial charge in [0.25, 0.3) is 5.97 Å². The summed E-state index contributed by atoms with van der Waals surface area (Å²) in [5.41, 5.74) is 3.53. The van der Waals surface area contributed by atoms with Crippen molar-refractivity contribution in [3.05, 3.63) is 88.0 Å². The molecule has 2 aliphatic rings. The fourth-order valence-electron chi connectivity index (χ4n) is 5.75. The van der Waals surface area contributed by atoms with Crippen molar-refractivity contribution in [3.63, 3.8) is 0 Å². The highest BCUT2D eigenvalue weighted by Gasteiger charge is 2.26. The van der Waals surface area contributed by atoms with Gasteiger partial charge in [-0.05, 0) is 48.7 Å². The molecule has 2 heterocycles. The second kappa shape index (κ2) is 20.1. The predicted octanol–water partition coefficient (Wildman–Crippen LogP) is 6.83. The molecule has 1 N–H and O–H groups in total. The van der Waals surface area contributed by atoms with Crippen LogP contribution in [0, 0.1) is 23.0 Å². The molecule has 3 aromatic carbocycles. The van der Waals surface area contributed by atoms with Crippen molar-refractivity contribution in [3.8, 4) is 17.2 Å². The number of anilines is 1. The number of likely N-dealkylation sites (tertiary alicyclic amines) is 1. The highest BCUT2D eigenvalue weighted by atomic mass is 16.6. The summed E-state index contributed by atoms with van der Waals surface area (Å²) in [4.78, 5) is 39.7. The first kappa shape index (κ1) is 40.6. The summed E-state index contributed by atoms with van der Waals surface area (Å²) in [5, 5.41) is 18.8. The first-order chi connectivity index (χ1) is 24.0. The molecule has 0 atom stereocenters. The Balaban J connectivity index is 0.00000133. The van der Waals surface area contributed by atoms with Gasteiger partial charge in [0.05, 0.1) is 11.5 Å². The number of hydrogen-bond acceptors (Lipinski definition) is 9. The summed E-state index contributed by atoms with van der Waals surface area (Å²) in [6.45, 7) is 13.8. The van der Waals surface area contributed by atoms with Crippen molar-refractivity contribution in [2.45, 2.75) is 67.1 Å². The number of nitro groups is 1. The van der Waals surface area contributed by atoms with E-state index in [0.29, 0.717) is 38.5 Å². The van der Waals surface area contributed by atoms with Crippen LogP contribution >= 0.6 is 0 Å². The first-order valence-corrected chi connectivity index (χ1v) is 17.3. The van der Waals surface area contributed by atoms with E-state index in [2.05, 4.69) is 53.1 Å². The van der Waals surface area contributed by atoms with E-state index in [9.17, 15) is 14.9 Å². The summed E-state index contributed by atoms with van der Waals surface area (Å²) in [6, 6.07) is 21.4. The number of nitro benzene ring substituents is 1. The Labute approximate surface area is 302 Å². The third kappa shape index (κ3) is 13.4. The Morgan fingerprint density at radius 3 is 2.10 bits per heavy atom. The van der Waals surface area contributed by atoms with Crippen molar-refractivity contribution < 1.29 is 33.8 Å². The van der Waals surface area contributed by atoms with Crippen LogP contribution in [-0.2, 0) is 16.2 Å². The second-order valence-electron chi connectivity index (χ2n) is 13.2. The lowest BCUT2D eigenvalue weighted by Gasteiger charge is -2.37. The van der Waals surface area contributed by atoms with Crippen molar-refractivity contribution in [1.29, 1.82) is 0 Å². The lowest BCUT2D eigenvalue weighted by molar-refractivity contribution is -0.385. The lowest BCUT2D eigenvalue weighted by Crippen LogP contribution is -2.48. The Morgan fingerprint density at radius 2 is 1.51 bits per heavy atom. The van der Waals surface area contributed by atoms with Gasteiger partial charge < -0.3 is 29.1 Å². The molecule has 2 saturated heterocycles. The predicted molar refractivity (Wildman–Crippen MR) is 199 cm³/mol. The number of piperazine rings is 1. The molecule has 0 saturated carbocycles. The number of carbonyl (C=O) groups is 2. The molecule has 0 unspecified atom stereocenters. The van der Waals surface area contributed by atoms with Crippen LogP contribution in [0.3, 0.4) is 0 Å². The summed E-state index contributed by atoms with van der Waals surface area (Å²) in [5.74, 6) is 1.23. The second-order valence-corrected chi connectivity index (χ2v) is 13.2. The minimum Gasteiger partial charge on any atom is -0.490 e. The SMILES string of the molecule is C.CC(=O)O.Cc1ccc(COc2ccc(N3CCN(CCC(=O)N4CCC(Oc5ccc([N+](=O)[O-])c(OCC(C)C)c5)CC4)CC3)cc2)cc1. The van der Waals surface area contributed by atoms with Gasteiger partial charge in [0, 0.05) is 89.8 Å². The third-order valence-corrected chi connectivity index (χ3v) is 8.54. The molecule has 3 aromatic rings. The van der Waals surface area contributed by atoms with E-state index in [1.54, 1.807) is 12.1 Å². The quantitative estimate of drug-likeness (QED) is 0.149. The topological polar surface area (TPSA) is 135 Å². The monoisotopic (exact) mass is 706 g/mol. The number of benzene rings is 3. The van der Waals surface area contributed by atoms with Gasteiger partial charge in [-0.2, -0.15) is 0 Å². The normalized spacial score (nSPS) is 14.9. The molecule has 2 fully saturated rings. The molecule has 12 heteroatoms. The lowest BCUT2D eigenvalue weighted by atomic mass is 10.1. The molecule has 2 aliphatic heterocycles. The van der Waals surface area contributed by atoms with Crippen molar-refractivity contribution in [2.24, 2.45) is 5.92 Å². The van der Waals surface area contributed by atoms with Crippen LogP contribution in [-0.4, -0.2) is 90.2 Å². The number of aliphatic carboxylic acids is 1. The maximum atomic E-state index is 13.0. The van der Waals surface area contributed by atoms with E-state index in [1.165, 1.54) is 17.3 Å². The fourth-order valence-corrected chi connectivity index (χ4v) is 5.75. The van der Waals surface area contributed by atoms with E-state index in [0.717, 1.165) is 63.8 Å². The molecule has 0 radical (unpaired) electrons. The standard InChI is InChI=1S/C36H46N4O6.C2H4O2.CH4/c1-27(2)25-45-35-24-33(12-13-34(35)40(42)43)46-32-14-18-39(19-15-32)36(41)16-17-37-20-22-38(23-21-37)30-8-10-31(11-9-30)44-26-29-6-4-28(3)5-7-29;1-2(3)4;/h4-13,24,27,32H,14-23,25-26H2,1-3H3;1H3,(H,3,4);1H4. The molecule has 1 amide bonds. The average molecular weight is 707 g/mol. The third-order valence-electron chi connectivity index (χ3n) is 8.54. The summed E-state index contributed by atoms with van der Waals surface area (Å²) >= 11 is 0. The van der Waals surface area contributed by atoms with E-state index in [4.69, 9.17) is 24.1 Å². The number of carboxylic acid groups (broad SMARTS) is 1. The molecule has 278 valence electrons. The van der Waals surface area contributed by atoms with E-state index < -0.39 is 10.9 Å². The number of rotatable bonds is 13. The highest BCUT2D eigenvalue weighted by Crippen LogP contribution is 2.33. The van der Waals surface area contributed by atoms with Gasteiger partial charge in [0.15, 0.2) is 0 Å². The molecule has 0 bridgehead atoms. The van der Waals surface area contributed by atoms with Crippen LogP contribution in [0.4, 0.5) is 11.4 Å². The number of hydrogen-bond donors (Lipinski definition) is 1. The minimum atomic E-state index is -0.833. The molecule has 0 aromatic heterocycles. The molecular formula is C39H54N4O8. The number of carboxylic acids is 1. The van der Waals surface area contributed by atoms with Crippen LogP contribution in [0.1, 0.15) is 58.6 Å². The van der Waals surface area contributed by atoms with Crippen LogP contribution in [0.2, 0.25) is 0 Å². The van der Waals surface area contributed by atoms with Crippen LogP contribution in [0.15, 0.2) is 66.7 Å². The number of nitrogens with zero attached hydrogens (tertiary/aromatic N) is 4. The van der Waals surface area contributed by atoms with Crippen LogP contribution in [0.5, 0.6) is 17.2 Å². The molecule has 0 spiro atoms. The van der Waals surface area contributed by atoms with E-state index >= 15 is 0 Å². The largest absolute Gasteiger partial charge is 0.490 e. The Hall–Kier alpha value is -4.84. The van der Waals surface area contributed by atoms with E-state index in [-0.39, 0.29) is 36.8 Å². The van der Waals surface area contributed by atoms with Gasteiger partial charge in [-0.1, -0.05) is 51.1 Å². The Bertz CT molecular complexity index is 1530. The van der Waals surface area contributed by atoms with Crippen molar-refractivity contribution >= 4 is 23.3 Å². The maximum Gasteiger partial charge on any atom is 0.311 e. The van der Waals surface area contributed by atoms with Gasteiger partial charge in [-0.15, -0.1) is 0 Å². The van der Waals surface area contributed by atoms with Gasteiger partial charge in [0.1, 0.15) is 24.2 Å². The molecule has 51 heavy (non-hydrogen) atoms. The Morgan fingerprint density at radius 1 is 0.902 bits per heavy atom. The first-order valence-electron chi connectivity index (χ1n) is 17.3. The minimum absolute atomic E-state index is 0. The van der Waals surface area contributed by atoms with Crippen molar-refractivity contribution in [2.75, 3.05) is 57.3 Å². The summed E-state index contributed by atoms with van der Waals surface area (Å²) < 4.78 is 17.8. The number of carbonyl (C=O) groups excluding carboxylic acids is 1. The van der Waals surface area contributed by atoms with Crippen molar-refractivity contribution in [1.82, 2.24) is 9.80 Å². The maximum absolute atomic E-state index is 13.0. The molecule has 12 nitrogen and oxygen atoms in total. The zero-order valence-corrected chi connectivity index (χ0v) is 29.6. The Kier molecular flexibility index (Phi) is 16.0.